The second-order valence-corrected chi connectivity index (χ2v) is 3.54. The van der Waals surface area contributed by atoms with Crippen LogP contribution in [0.3, 0.4) is 0 Å². The van der Waals surface area contributed by atoms with Crippen molar-refractivity contribution in [3.8, 4) is 0 Å². The van der Waals surface area contributed by atoms with Crippen LogP contribution in [0.25, 0.3) is 0 Å². The highest BCUT2D eigenvalue weighted by molar-refractivity contribution is 5.73. The zero-order chi connectivity index (χ0) is 11.6. The molecule has 1 fully saturated rings. The molecule has 7 heteroatoms. The first kappa shape index (κ1) is 12.3. The van der Waals surface area contributed by atoms with E-state index in [1.54, 1.807) is 0 Å². The Labute approximate surface area is 86.8 Å². The van der Waals surface area contributed by atoms with Gasteiger partial charge in [0.15, 0.2) is 6.29 Å². The van der Waals surface area contributed by atoms with Crippen LogP contribution in [-0.2, 0) is 9.53 Å². The van der Waals surface area contributed by atoms with Crippen LogP contribution in [0.1, 0.15) is 6.92 Å². The maximum absolute atomic E-state index is 10.8. The number of amides is 1. The van der Waals surface area contributed by atoms with E-state index in [2.05, 4.69) is 5.32 Å². The van der Waals surface area contributed by atoms with Crippen molar-refractivity contribution in [2.75, 3.05) is 6.61 Å². The summed E-state index contributed by atoms with van der Waals surface area (Å²) >= 11 is 0. The quantitative estimate of drug-likeness (QED) is 0.335. The first-order valence-electron chi connectivity index (χ1n) is 4.62. The van der Waals surface area contributed by atoms with Crippen molar-refractivity contribution >= 4 is 5.91 Å². The second kappa shape index (κ2) is 4.86. The number of aliphatic hydroxyl groups is 3. The van der Waals surface area contributed by atoms with Crippen LogP contribution in [0.5, 0.6) is 0 Å². The molecule has 0 bridgehead atoms. The summed E-state index contributed by atoms with van der Waals surface area (Å²) in [6, 6.07) is -1.82. The van der Waals surface area contributed by atoms with Crippen LogP contribution in [0, 0.1) is 0 Å². The van der Waals surface area contributed by atoms with Crippen molar-refractivity contribution in [2.24, 2.45) is 5.73 Å². The highest BCUT2D eigenvalue weighted by Crippen LogP contribution is 2.18. The number of hydrogen-bond acceptors (Lipinski definition) is 6. The third-order valence-electron chi connectivity index (χ3n) is 2.36. The Morgan fingerprint density at radius 1 is 1.53 bits per heavy atom. The molecule has 0 aromatic carbocycles. The lowest BCUT2D eigenvalue weighted by molar-refractivity contribution is -0.221. The maximum Gasteiger partial charge on any atom is 0.217 e. The van der Waals surface area contributed by atoms with Gasteiger partial charge in [-0.15, -0.1) is 0 Å². The zero-order valence-corrected chi connectivity index (χ0v) is 8.33. The zero-order valence-electron chi connectivity index (χ0n) is 8.33. The van der Waals surface area contributed by atoms with Crippen LogP contribution >= 0.6 is 0 Å². The Kier molecular flexibility index (Phi) is 4.00. The summed E-state index contributed by atoms with van der Waals surface area (Å²) in [5.41, 5.74) is 5.56. The van der Waals surface area contributed by atoms with Crippen molar-refractivity contribution in [1.82, 2.24) is 5.32 Å². The Morgan fingerprint density at radius 3 is 2.60 bits per heavy atom. The van der Waals surface area contributed by atoms with Crippen molar-refractivity contribution < 1.29 is 24.9 Å². The van der Waals surface area contributed by atoms with E-state index in [0.29, 0.717) is 0 Å². The minimum Gasteiger partial charge on any atom is -0.394 e. The first-order chi connectivity index (χ1) is 6.97. The molecule has 1 amide bonds. The minimum atomic E-state index is -1.37. The molecule has 1 aliphatic rings. The van der Waals surface area contributed by atoms with Gasteiger partial charge in [0.05, 0.1) is 18.8 Å². The maximum atomic E-state index is 10.8. The Hall–Kier alpha value is -0.730. The molecule has 0 saturated carbocycles. The lowest BCUT2D eigenvalue weighted by Gasteiger charge is -2.40. The fourth-order valence-electron chi connectivity index (χ4n) is 1.54. The highest BCUT2D eigenvalue weighted by Gasteiger charge is 2.42. The van der Waals surface area contributed by atoms with E-state index in [1.807, 2.05) is 0 Å². The molecule has 0 aromatic rings. The number of rotatable bonds is 2. The summed E-state index contributed by atoms with van der Waals surface area (Å²) in [6.07, 6.45) is -3.37. The number of nitrogens with one attached hydrogen (secondary N) is 1. The molecule has 0 radical (unpaired) electrons. The molecule has 7 nitrogen and oxygen atoms in total. The average molecular weight is 220 g/mol. The Balaban J connectivity index is 2.70. The van der Waals surface area contributed by atoms with Gasteiger partial charge in [0, 0.05) is 6.92 Å². The van der Waals surface area contributed by atoms with Crippen molar-refractivity contribution in [2.45, 2.75) is 37.5 Å². The van der Waals surface area contributed by atoms with E-state index in [-0.39, 0.29) is 0 Å². The molecule has 0 aliphatic carbocycles. The Bertz CT molecular complexity index is 237. The van der Waals surface area contributed by atoms with Gasteiger partial charge in [0.2, 0.25) is 5.91 Å². The molecular weight excluding hydrogens is 204 g/mol. The predicted octanol–water partition coefficient (Wildman–Crippen LogP) is -3.11. The molecule has 0 spiro atoms. The van der Waals surface area contributed by atoms with Crippen LogP contribution in [0.2, 0.25) is 0 Å². The third-order valence-corrected chi connectivity index (χ3v) is 2.36. The summed E-state index contributed by atoms with van der Waals surface area (Å²) < 4.78 is 4.94. The summed E-state index contributed by atoms with van der Waals surface area (Å²) in [7, 11) is 0. The molecule has 0 unspecified atom stereocenters. The van der Waals surface area contributed by atoms with Crippen LogP contribution in [0.15, 0.2) is 0 Å². The standard InChI is InChI=1S/C8H16N2O5/c1-3(12)10-6-7(13)5(9)4(2-11)15-8(6)14/h4-8,11,13-14H,2,9H2,1H3,(H,10,12)/t4-,5-,6-,7+,8-/m1/s1. The number of carbonyl (C=O) groups is 1. The Morgan fingerprint density at radius 2 is 2.13 bits per heavy atom. The fourth-order valence-corrected chi connectivity index (χ4v) is 1.54. The number of carbonyl (C=O) groups excluding carboxylic acids is 1. The molecular formula is C8H16N2O5. The van der Waals surface area contributed by atoms with Crippen molar-refractivity contribution in [1.29, 1.82) is 0 Å². The molecule has 1 aliphatic heterocycles. The lowest BCUT2D eigenvalue weighted by Crippen LogP contribution is -2.66. The van der Waals surface area contributed by atoms with Gasteiger partial charge in [-0.1, -0.05) is 0 Å². The molecule has 6 N–H and O–H groups in total. The van der Waals surface area contributed by atoms with Crippen molar-refractivity contribution in [3.05, 3.63) is 0 Å². The van der Waals surface area contributed by atoms with E-state index in [9.17, 15) is 15.0 Å². The van der Waals surface area contributed by atoms with Crippen LogP contribution < -0.4 is 11.1 Å². The fraction of sp³-hybridized carbons (Fsp3) is 0.875. The smallest absolute Gasteiger partial charge is 0.217 e. The topological polar surface area (TPSA) is 125 Å². The van der Waals surface area contributed by atoms with Crippen LogP contribution in [0.4, 0.5) is 0 Å². The van der Waals surface area contributed by atoms with Gasteiger partial charge in [0.25, 0.3) is 0 Å². The SMILES string of the molecule is CC(=O)N[C@@H]1[C@@H](O)[C@H](N)[C@@H](CO)O[C@H]1O. The lowest BCUT2D eigenvalue weighted by atomic mass is 9.95. The molecule has 88 valence electrons. The van der Waals surface area contributed by atoms with Gasteiger partial charge in [-0.2, -0.15) is 0 Å². The van der Waals surface area contributed by atoms with Gasteiger partial charge in [-0.3, -0.25) is 4.79 Å². The van der Waals surface area contributed by atoms with E-state index in [0.717, 1.165) is 0 Å². The molecule has 5 atom stereocenters. The number of ether oxygens (including phenoxy) is 1. The van der Waals surface area contributed by atoms with Gasteiger partial charge >= 0.3 is 0 Å². The average Bonchev–Trinajstić information content (AvgIpc) is 2.18. The summed E-state index contributed by atoms with van der Waals surface area (Å²) in [4.78, 5) is 10.8. The summed E-state index contributed by atoms with van der Waals surface area (Å²) in [6.45, 7) is 0.852. The van der Waals surface area contributed by atoms with Gasteiger partial charge < -0.3 is 31.1 Å². The monoisotopic (exact) mass is 220 g/mol. The molecule has 1 rings (SSSR count). The van der Waals surface area contributed by atoms with E-state index < -0.39 is 43.1 Å². The molecule has 15 heavy (non-hydrogen) atoms. The number of aliphatic hydroxyl groups excluding tert-OH is 3. The predicted molar refractivity (Wildman–Crippen MR) is 49.6 cm³/mol. The van der Waals surface area contributed by atoms with E-state index in [1.165, 1.54) is 6.92 Å². The van der Waals surface area contributed by atoms with Gasteiger partial charge in [-0.25, -0.2) is 0 Å². The molecule has 0 aromatic heterocycles. The molecule has 1 saturated heterocycles. The third kappa shape index (κ3) is 2.64. The van der Waals surface area contributed by atoms with Crippen molar-refractivity contribution in [3.63, 3.8) is 0 Å². The number of nitrogens with two attached hydrogens (primary N) is 1. The number of hydrogen-bond donors (Lipinski definition) is 5. The first-order valence-corrected chi connectivity index (χ1v) is 4.62. The summed E-state index contributed by atoms with van der Waals surface area (Å²) in [5.74, 6) is -0.406. The largest absolute Gasteiger partial charge is 0.394 e. The minimum absolute atomic E-state index is 0.401. The van der Waals surface area contributed by atoms with E-state index in [4.69, 9.17) is 15.6 Å². The van der Waals surface area contributed by atoms with Crippen LogP contribution in [-0.4, -0.2) is 58.4 Å². The van der Waals surface area contributed by atoms with Gasteiger partial charge in [-0.05, 0) is 0 Å². The second-order valence-electron chi connectivity index (χ2n) is 3.54. The molecule has 1 heterocycles. The highest BCUT2D eigenvalue weighted by atomic mass is 16.6. The normalized spacial score (nSPS) is 41.3. The summed E-state index contributed by atoms with van der Waals surface area (Å²) in [5, 5.41) is 30.3. The van der Waals surface area contributed by atoms with Gasteiger partial charge in [0.1, 0.15) is 12.1 Å². The van der Waals surface area contributed by atoms with E-state index >= 15 is 0 Å².